The zero-order valence-corrected chi connectivity index (χ0v) is 19.8. The number of nitrogens with zero attached hydrogens (tertiary/aromatic N) is 1. The minimum absolute atomic E-state index is 0. The molecule has 0 aliphatic carbocycles. The number of aliphatic imine (C=N–C) groups is 1. The van der Waals surface area contributed by atoms with Crippen molar-refractivity contribution in [3.05, 3.63) is 58.3 Å². The number of rotatable bonds is 11. The van der Waals surface area contributed by atoms with Crippen LogP contribution in [0.2, 0.25) is 0 Å². The number of nitrogens with one attached hydrogen (secondary N) is 2. The highest BCUT2D eigenvalue weighted by Crippen LogP contribution is 2.23. The van der Waals surface area contributed by atoms with Crippen molar-refractivity contribution in [1.29, 1.82) is 0 Å². The van der Waals surface area contributed by atoms with Crippen LogP contribution in [0.4, 0.5) is 0 Å². The van der Waals surface area contributed by atoms with Gasteiger partial charge in [-0.25, -0.2) is 4.99 Å². The second-order valence-corrected chi connectivity index (χ2v) is 7.43. The number of hydrogen-bond acceptors (Lipinski definition) is 4. The number of unbranched alkanes of at least 4 members (excludes halogenated alkanes) is 1. The van der Waals surface area contributed by atoms with Crippen LogP contribution in [0.25, 0.3) is 0 Å². The van der Waals surface area contributed by atoms with E-state index in [1.165, 1.54) is 5.56 Å². The fourth-order valence-electron chi connectivity index (χ4n) is 2.54. The predicted molar refractivity (Wildman–Crippen MR) is 129 cm³/mol. The molecule has 0 spiro atoms. The molecule has 0 aliphatic heterocycles. The Bertz CT molecular complexity index is 664. The number of aliphatic hydroxyl groups is 1. The summed E-state index contributed by atoms with van der Waals surface area (Å²) in [5, 5.41) is 21.1. The van der Waals surface area contributed by atoms with E-state index in [1.807, 2.05) is 41.9 Å². The van der Waals surface area contributed by atoms with Crippen LogP contribution in [0.15, 0.2) is 52.2 Å². The van der Waals surface area contributed by atoms with Crippen molar-refractivity contribution in [2.45, 2.75) is 38.9 Å². The molecule has 2 aromatic rings. The number of thiophene rings is 1. The van der Waals surface area contributed by atoms with E-state index in [4.69, 9.17) is 4.74 Å². The van der Waals surface area contributed by atoms with Gasteiger partial charge >= 0.3 is 0 Å². The first-order chi connectivity index (χ1) is 13.1. The third-order valence-electron chi connectivity index (χ3n) is 4.15. The first kappa shape index (κ1) is 24.9. The maximum Gasteiger partial charge on any atom is 0.191 e. The summed E-state index contributed by atoms with van der Waals surface area (Å²) in [6.45, 7) is 7.16. The lowest BCUT2D eigenvalue weighted by Crippen LogP contribution is -2.39. The van der Waals surface area contributed by atoms with E-state index in [-0.39, 0.29) is 24.0 Å². The lowest BCUT2D eigenvalue weighted by molar-refractivity contribution is 0.0677. The fourth-order valence-corrected chi connectivity index (χ4v) is 3.32. The van der Waals surface area contributed by atoms with E-state index in [2.05, 4.69) is 27.8 Å². The summed E-state index contributed by atoms with van der Waals surface area (Å²) in [7, 11) is 0. The second kappa shape index (κ2) is 13.9. The monoisotopic (exact) mass is 517 g/mol. The third kappa shape index (κ3) is 9.36. The number of guanidine groups is 1. The Labute approximate surface area is 189 Å². The molecule has 156 valence electrons. The summed E-state index contributed by atoms with van der Waals surface area (Å²) in [6, 6.07) is 12.2. The van der Waals surface area contributed by atoms with E-state index in [0.717, 1.165) is 44.1 Å². The maximum atomic E-state index is 10.6. The van der Waals surface area contributed by atoms with E-state index in [0.29, 0.717) is 13.2 Å². The molecule has 0 amide bonds. The molecule has 5 nitrogen and oxygen atoms in total. The summed E-state index contributed by atoms with van der Waals surface area (Å²) in [5.74, 6) is 0.734. The van der Waals surface area contributed by atoms with Gasteiger partial charge in [0.15, 0.2) is 5.96 Å². The van der Waals surface area contributed by atoms with Gasteiger partial charge in [0.05, 0.1) is 13.2 Å². The molecule has 0 radical (unpaired) electrons. The molecule has 3 N–H and O–H groups in total. The van der Waals surface area contributed by atoms with Crippen molar-refractivity contribution in [2.24, 2.45) is 4.99 Å². The Kier molecular flexibility index (Phi) is 12.4. The Balaban J connectivity index is 0.00000392. The van der Waals surface area contributed by atoms with E-state index in [9.17, 15) is 5.11 Å². The molecule has 7 heteroatoms. The molecule has 1 unspecified atom stereocenters. The average Bonchev–Trinajstić information content (AvgIpc) is 3.22. The summed E-state index contributed by atoms with van der Waals surface area (Å²) < 4.78 is 5.70. The second-order valence-electron chi connectivity index (χ2n) is 6.65. The van der Waals surface area contributed by atoms with Crippen molar-refractivity contribution in [1.82, 2.24) is 10.6 Å². The number of hydrogen-bond donors (Lipinski definition) is 3. The first-order valence-corrected chi connectivity index (χ1v) is 10.4. The van der Waals surface area contributed by atoms with Crippen LogP contribution in [0.1, 0.15) is 37.8 Å². The van der Waals surface area contributed by atoms with Crippen LogP contribution in [0, 0.1) is 0 Å². The Hall–Kier alpha value is -1.16. The van der Waals surface area contributed by atoms with Gasteiger partial charge in [-0.1, -0.05) is 30.3 Å². The average molecular weight is 517 g/mol. The SMILES string of the molecule is CCNC(=NCC(C)(O)c1ccsc1)NCCCCOCc1ccccc1.I. The Morgan fingerprint density at radius 1 is 1.18 bits per heavy atom. The summed E-state index contributed by atoms with van der Waals surface area (Å²) in [4.78, 5) is 4.53. The number of benzene rings is 1. The van der Waals surface area contributed by atoms with Crippen LogP contribution in [-0.4, -0.2) is 37.3 Å². The van der Waals surface area contributed by atoms with Crippen LogP contribution in [0.5, 0.6) is 0 Å². The van der Waals surface area contributed by atoms with Crippen molar-refractivity contribution in [2.75, 3.05) is 26.2 Å². The smallest absolute Gasteiger partial charge is 0.191 e. The molecule has 1 aromatic carbocycles. The molecular weight excluding hydrogens is 485 g/mol. The standard InChI is InChI=1S/C21H31N3O2S.HI/c1-3-22-20(24-17-21(2,25)19-11-14-27-16-19)23-12-7-8-13-26-15-18-9-5-4-6-10-18;/h4-6,9-11,14,16,25H,3,7-8,12-13,15,17H2,1-2H3,(H2,22,23,24);1H. The maximum absolute atomic E-state index is 10.6. The quantitative estimate of drug-likeness (QED) is 0.182. The van der Waals surface area contributed by atoms with Crippen molar-refractivity contribution in [3.63, 3.8) is 0 Å². The molecule has 0 bridgehead atoms. The molecule has 1 heterocycles. The molecule has 0 saturated carbocycles. The molecule has 0 saturated heterocycles. The third-order valence-corrected chi connectivity index (χ3v) is 4.84. The predicted octanol–water partition coefficient (Wildman–Crippen LogP) is 4.13. The molecule has 28 heavy (non-hydrogen) atoms. The molecule has 1 aromatic heterocycles. The van der Waals surface area contributed by atoms with Crippen LogP contribution < -0.4 is 10.6 Å². The lowest BCUT2D eigenvalue weighted by Gasteiger charge is -2.21. The number of ether oxygens (including phenoxy) is 1. The molecule has 2 rings (SSSR count). The van der Waals surface area contributed by atoms with Crippen LogP contribution in [-0.2, 0) is 16.9 Å². The highest BCUT2D eigenvalue weighted by Gasteiger charge is 2.23. The molecule has 1 atom stereocenters. The molecular formula is C21H32IN3O2S. The van der Waals surface area contributed by atoms with Gasteiger partial charge in [0.2, 0.25) is 0 Å². The molecule has 0 fully saturated rings. The van der Waals surface area contributed by atoms with Crippen LogP contribution in [0.3, 0.4) is 0 Å². The zero-order chi connectivity index (χ0) is 19.4. The minimum atomic E-state index is -0.951. The van der Waals surface area contributed by atoms with Gasteiger partial charge in [-0.15, -0.1) is 24.0 Å². The van der Waals surface area contributed by atoms with Crippen molar-refractivity contribution >= 4 is 41.3 Å². The normalized spacial score (nSPS) is 13.5. The van der Waals surface area contributed by atoms with Crippen molar-refractivity contribution < 1.29 is 9.84 Å². The number of halogens is 1. The van der Waals surface area contributed by atoms with E-state index < -0.39 is 5.60 Å². The highest BCUT2D eigenvalue weighted by atomic mass is 127. The lowest BCUT2D eigenvalue weighted by atomic mass is 10.00. The highest BCUT2D eigenvalue weighted by molar-refractivity contribution is 14.0. The Morgan fingerprint density at radius 3 is 2.64 bits per heavy atom. The van der Waals surface area contributed by atoms with Gasteiger partial charge in [0, 0.05) is 19.7 Å². The van der Waals surface area contributed by atoms with Gasteiger partial charge in [-0.05, 0) is 54.6 Å². The Morgan fingerprint density at radius 2 is 1.96 bits per heavy atom. The fraction of sp³-hybridized carbons (Fsp3) is 0.476. The van der Waals surface area contributed by atoms with E-state index in [1.54, 1.807) is 18.3 Å². The minimum Gasteiger partial charge on any atom is -0.383 e. The molecule has 0 aliphatic rings. The first-order valence-electron chi connectivity index (χ1n) is 9.50. The van der Waals surface area contributed by atoms with Gasteiger partial charge < -0.3 is 20.5 Å². The summed E-state index contributed by atoms with van der Waals surface area (Å²) in [6.07, 6.45) is 1.99. The van der Waals surface area contributed by atoms with Gasteiger partial charge in [-0.2, -0.15) is 11.3 Å². The summed E-state index contributed by atoms with van der Waals surface area (Å²) in [5.41, 5.74) is 1.16. The summed E-state index contributed by atoms with van der Waals surface area (Å²) >= 11 is 1.58. The van der Waals surface area contributed by atoms with Gasteiger partial charge in [-0.3, -0.25) is 0 Å². The zero-order valence-electron chi connectivity index (χ0n) is 16.7. The van der Waals surface area contributed by atoms with Crippen LogP contribution >= 0.6 is 35.3 Å². The van der Waals surface area contributed by atoms with E-state index >= 15 is 0 Å². The topological polar surface area (TPSA) is 65.9 Å². The largest absolute Gasteiger partial charge is 0.383 e. The van der Waals surface area contributed by atoms with Gasteiger partial charge in [0.1, 0.15) is 5.60 Å². The van der Waals surface area contributed by atoms with Crippen molar-refractivity contribution in [3.8, 4) is 0 Å². The van der Waals surface area contributed by atoms with Gasteiger partial charge in [0.25, 0.3) is 0 Å².